The summed E-state index contributed by atoms with van der Waals surface area (Å²) in [7, 11) is 1.63. The van der Waals surface area contributed by atoms with Crippen LogP contribution in [0.3, 0.4) is 0 Å². The van der Waals surface area contributed by atoms with Gasteiger partial charge in [0.05, 0.1) is 6.26 Å². The zero-order chi connectivity index (χ0) is 7.28. The summed E-state index contributed by atoms with van der Waals surface area (Å²) in [5.41, 5.74) is 0. The van der Waals surface area contributed by atoms with Crippen molar-refractivity contribution in [3.05, 3.63) is 12.3 Å². The van der Waals surface area contributed by atoms with Crippen LogP contribution in [-0.4, -0.2) is 28.6 Å². The van der Waals surface area contributed by atoms with Crippen LogP contribution in [0.1, 0.15) is 0 Å². The summed E-state index contributed by atoms with van der Waals surface area (Å²) in [5, 5.41) is 8.14. The van der Waals surface area contributed by atoms with Crippen molar-refractivity contribution < 1.29 is 9.90 Å². The van der Waals surface area contributed by atoms with Gasteiger partial charge in [-0.1, -0.05) is 11.9 Å². The summed E-state index contributed by atoms with van der Waals surface area (Å²) in [6, 6.07) is 0. The molecule has 0 saturated heterocycles. The van der Waals surface area contributed by atoms with Crippen molar-refractivity contribution >= 4 is 17.9 Å². The molecule has 1 amide bonds. The van der Waals surface area contributed by atoms with Gasteiger partial charge >= 0.3 is 0 Å². The lowest BCUT2D eigenvalue weighted by Crippen LogP contribution is -2.15. The molecule has 4 heteroatoms. The molecule has 3 nitrogen and oxygen atoms in total. The monoisotopic (exact) mass is 147 g/mol. The standard InChI is InChI=1S/C5H9NO2S/c1-6(9-2)5(8)3-4-7/h3-4,7H,1-2H3/b4-3-. The van der Waals surface area contributed by atoms with Crippen LogP contribution >= 0.6 is 11.9 Å². The summed E-state index contributed by atoms with van der Waals surface area (Å²) in [4.78, 5) is 10.6. The Morgan fingerprint density at radius 3 is 2.67 bits per heavy atom. The van der Waals surface area contributed by atoms with E-state index in [1.54, 1.807) is 13.3 Å². The van der Waals surface area contributed by atoms with Gasteiger partial charge < -0.3 is 5.11 Å². The molecule has 0 aliphatic rings. The maximum absolute atomic E-state index is 10.6. The van der Waals surface area contributed by atoms with Crippen LogP contribution in [0.5, 0.6) is 0 Å². The Kier molecular flexibility index (Phi) is 3.96. The van der Waals surface area contributed by atoms with Gasteiger partial charge in [0.15, 0.2) is 0 Å². The van der Waals surface area contributed by atoms with E-state index in [2.05, 4.69) is 0 Å². The molecule has 0 aliphatic heterocycles. The van der Waals surface area contributed by atoms with Gasteiger partial charge in [0.2, 0.25) is 0 Å². The predicted molar refractivity (Wildman–Crippen MR) is 38.1 cm³/mol. The number of hydrogen-bond acceptors (Lipinski definition) is 3. The first-order valence-corrected chi connectivity index (χ1v) is 3.53. The molecule has 0 atom stereocenters. The van der Waals surface area contributed by atoms with Crippen molar-refractivity contribution in [2.24, 2.45) is 0 Å². The summed E-state index contributed by atoms with van der Waals surface area (Å²) in [6.07, 6.45) is 3.61. The second-order valence-corrected chi connectivity index (χ2v) is 2.25. The molecule has 0 aromatic carbocycles. The molecule has 0 bridgehead atoms. The van der Waals surface area contributed by atoms with Gasteiger partial charge in [0, 0.05) is 19.4 Å². The van der Waals surface area contributed by atoms with Gasteiger partial charge in [-0.2, -0.15) is 0 Å². The van der Waals surface area contributed by atoms with Crippen LogP contribution in [0.15, 0.2) is 12.3 Å². The maximum Gasteiger partial charge on any atom is 0.259 e. The Hall–Kier alpha value is -0.640. The Labute approximate surface area is 58.5 Å². The van der Waals surface area contributed by atoms with Crippen LogP contribution in [0.2, 0.25) is 0 Å². The van der Waals surface area contributed by atoms with E-state index in [1.807, 2.05) is 0 Å². The molecule has 9 heavy (non-hydrogen) atoms. The first-order valence-electron chi connectivity index (χ1n) is 2.35. The fraction of sp³-hybridized carbons (Fsp3) is 0.400. The number of rotatable bonds is 2. The molecule has 0 rings (SSSR count). The third-order valence-electron chi connectivity index (χ3n) is 0.801. The lowest BCUT2D eigenvalue weighted by molar-refractivity contribution is -0.120. The van der Waals surface area contributed by atoms with Gasteiger partial charge in [0.1, 0.15) is 0 Å². The first-order chi connectivity index (χ1) is 4.22. The van der Waals surface area contributed by atoms with Crippen molar-refractivity contribution in [1.82, 2.24) is 4.31 Å². The van der Waals surface area contributed by atoms with Crippen LogP contribution in [0.25, 0.3) is 0 Å². The van der Waals surface area contributed by atoms with Gasteiger partial charge in [-0.25, -0.2) is 0 Å². The highest BCUT2D eigenvalue weighted by Gasteiger charge is 1.99. The maximum atomic E-state index is 10.6. The lowest BCUT2D eigenvalue weighted by atomic mass is 10.6. The molecule has 0 spiro atoms. The zero-order valence-electron chi connectivity index (χ0n) is 5.37. The van der Waals surface area contributed by atoms with E-state index in [0.717, 1.165) is 12.3 Å². The number of carbonyl (C=O) groups is 1. The molecule has 0 saturated carbocycles. The fourth-order valence-corrected chi connectivity index (χ4v) is 0.500. The lowest BCUT2D eigenvalue weighted by Gasteiger charge is -2.08. The van der Waals surface area contributed by atoms with Gasteiger partial charge in [0.25, 0.3) is 5.91 Å². The summed E-state index contributed by atoms with van der Waals surface area (Å²) >= 11 is 1.29. The summed E-state index contributed by atoms with van der Waals surface area (Å²) < 4.78 is 1.41. The van der Waals surface area contributed by atoms with Crippen molar-refractivity contribution in [1.29, 1.82) is 0 Å². The van der Waals surface area contributed by atoms with Gasteiger partial charge in [-0.3, -0.25) is 9.10 Å². The van der Waals surface area contributed by atoms with Gasteiger partial charge in [-0.15, -0.1) is 0 Å². The summed E-state index contributed by atoms with van der Waals surface area (Å²) in [6.45, 7) is 0. The van der Waals surface area contributed by atoms with E-state index >= 15 is 0 Å². The van der Waals surface area contributed by atoms with E-state index in [4.69, 9.17) is 5.11 Å². The molecule has 0 unspecified atom stereocenters. The smallest absolute Gasteiger partial charge is 0.259 e. The Morgan fingerprint density at radius 1 is 1.78 bits per heavy atom. The van der Waals surface area contributed by atoms with E-state index in [9.17, 15) is 4.79 Å². The second kappa shape index (κ2) is 4.26. The Bertz CT molecular complexity index is 124. The SMILES string of the molecule is CSN(C)C(=O)/C=C\O. The van der Waals surface area contributed by atoms with Crippen LogP contribution in [0.4, 0.5) is 0 Å². The first kappa shape index (κ1) is 8.36. The Balaban J connectivity index is 3.73. The minimum atomic E-state index is -0.218. The van der Waals surface area contributed by atoms with Crippen molar-refractivity contribution in [3.8, 4) is 0 Å². The molecular formula is C5H9NO2S. The number of aliphatic hydroxyl groups excluding tert-OH is 1. The highest BCUT2D eigenvalue weighted by molar-refractivity contribution is 7.96. The van der Waals surface area contributed by atoms with E-state index < -0.39 is 0 Å². The average molecular weight is 147 g/mol. The van der Waals surface area contributed by atoms with Crippen LogP contribution in [0, 0.1) is 0 Å². The third-order valence-corrected chi connectivity index (χ3v) is 1.53. The molecule has 0 aliphatic carbocycles. The van der Waals surface area contributed by atoms with Crippen molar-refractivity contribution in [2.75, 3.05) is 13.3 Å². The van der Waals surface area contributed by atoms with Crippen molar-refractivity contribution in [2.45, 2.75) is 0 Å². The topological polar surface area (TPSA) is 40.5 Å². The number of hydrogen-bond donors (Lipinski definition) is 1. The normalized spacial score (nSPS) is 10.0. The fourth-order valence-electron chi connectivity index (χ4n) is 0.259. The minimum absolute atomic E-state index is 0.218. The minimum Gasteiger partial charge on any atom is -0.515 e. The zero-order valence-corrected chi connectivity index (χ0v) is 6.18. The molecular weight excluding hydrogens is 138 g/mol. The number of nitrogens with zero attached hydrogens (tertiary/aromatic N) is 1. The molecule has 0 radical (unpaired) electrons. The summed E-state index contributed by atoms with van der Waals surface area (Å²) in [5.74, 6) is -0.218. The second-order valence-electron chi connectivity index (χ2n) is 1.33. The van der Waals surface area contributed by atoms with Gasteiger partial charge in [-0.05, 0) is 0 Å². The molecule has 0 aromatic heterocycles. The predicted octanol–water partition coefficient (Wildman–Crippen LogP) is 0.794. The van der Waals surface area contributed by atoms with E-state index in [-0.39, 0.29) is 5.91 Å². The van der Waals surface area contributed by atoms with Crippen LogP contribution < -0.4 is 0 Å². The number of carbonyl (C=O) groups excluding carboxylic acids is 1. The number of likely N-dealkylation sites (N-methyl/N-ethyl adjacent to an activating group) is 1. The number of aliphatic hydroxyl groups is 1. The largest absolute Gasteiger partial charge is 0.515 e. The van der Waals surface area contributed by atoms with Crippen molar-refractivity contribution in [3.63, 3.8) is 0 Å². The number of amides is 1. The Morgan fingerprint density at radius 2 is 2.33 bits per heavy atom. The molecule has 0 heterocycles. The van der Waals surface area contributed by atoms with E-state index in [0.29, 0.717) is 0 Å². The quantitative estimate of drug-likeness (QED) is 0.357. The van der Waals surface area contributed by atoms with E-state index in [1.165, 1.54) is 16.3 Å². The third kappa shape index (κ3) is 3.03. The average Bonchev–Trinajstić information content (AvgIpc) is 1.87. The molecule has 1 N–H and O–H groups in total. The van der Waals surface area contributed by atoms with Crippen LogP contribution in [-0.2, 0) is 4.79 Å². The highest BCUT2D eigenvalue weighted by Crippen LogP contribution is 2.00. The molecule has 52 valence electrons. The highest BCUT2D eigenvalue weighted by atomic mass is 32.2. The molecule has 0 fully saturated rings. The molecule has 0 aromatic rings.